The molecule has 50 valence electrons. The molecule has 1 aliphatic rings. The van der Waals surface area contributed by atoms with Crippen LogP contribution in [0.5, 0.6) is 0 Å². The fourth-order valence-corrected chi connectivity index (χ4v) is 0.802. The Bertz CT molecular complexity index is 127. The summed E-state index contributed by atoms with van der Waals surface area (Å²) in [6, 6.07) is 0. The van der Waals surface area contributed by atoms with Gasteiger partial charge in [0.05, 0.1) is 6.34 Å². The quantitative estimate of drug-likeness (QED) is 0.557. The highest BCUT2D eigenvalue weighted by Gasteiger charge is 1.99. The highest BCUT2D eigenvalue weighted by Crippen LogP contribution is 2.04. The van der Waals surface area contributed by atoms with Crippen LogP contribution in [-0.4, -0.2) is 12.9 Å². The van der Waals surface area contributed by atoms with Gasteiger partial charge in [0.1, 0.15) is 0 Å². The van der Waals surface area contributed by atoms with E-state index in [4.69, 9.17) is 0 Å². The number of rotatable bonds is 1. The normalized spacial score (nSPS) is 25.2. The summed E-state index contributed by atoms with van der Waals surface area (Å²) in [5.41, 5.74) is 0. The molecule has 2 nitrogen and oxygen atoms in total. The second kappa shape index (κ2) is 3.28. The molecule has 0 radical (unpaired) electrons. The largest absolute Gasteiger partial charge is 0.353 e. The number of hydrogen-bond acceptors (Lipinski definition) is 2. The van der Waals surface area contributed by atoms with Crippen molar-refractivity contribution in [2.24, 2.45) is 10.9 Å². The maximum absolute atomic E-state index is 4.12. The second-order valence-electron chi connectivity index (χ2n) is 2.19. The monoisotopic (exact) mass is 124 g/mol. The van der Waals surface area contributed by atoms with Crippen molar-refractivity contribution < 1.29 is 0 Å². The molecule has 0 saturated carbocycles. The summed E-state index contributed by atoms with van der Waals surface area (Å²) in [7, 11) is 0. The van der Waals surface area contributed by atoms with Crippen LogP contribution in [0.15, 0.2) is 17.3 Å². The molecule has 1 N–H and O–H groups in total. The van der Waals surface area contributed by atoms with Crippen molar-refractivity contribution in [3.63, 3.8) is 0 Å². The standard InChI is InChI=1S/C7H12N2/c1-2-7-3-4-8-6-9-5-7/h3-4,6-7H,2,5H2,1H3,(H,8,9). The zero-order valence-electron chi connectivity index (χ0n) is 5.67. The second-order valence-corrected chi connectivity index (χ2v) is 2.19. The summed E-state index contributed by atoms with van der Waals surface area (Å²) in [5.74, 6) is 0.635. The van der Waals surface area contributed by atoms with E-state index in [-0.39, 0.29) is 0 Å². The van der Waals surface area contributed by atoms with E-state index in [0.29, 0.717) is 5.92 Å². The van der Waals surface area contributed by atoms with Crippen LogP contribution in [0.1, 0.15) is 13.3 Å². The third-order valence-corrected chi connectivity index (χ3v) is 1.49. The van der Waals surface area contributed by atoms with Crippen LogP contribution in [0, 0.1) is 5.92 Å². The third-order valence-electron chi connectivity index (χ3n) is 1.49. The zero-order chi connectivity index (χ0) is 6.53. The molecular formula is C7H12N2. The molecule has 1 atom stereocenters. The fourth-order valence-electron chi connectivity index (χ4n) is 0.802. The molecule has 1 heterocycles. The van der Waals surface area contributed by atoms with Gasteiger partial charge in [-0.2, -0.15) is 0 Å². The Morgan fingerprint density at radius 2 is 2.67 bits per heavy atom. The minimum absolute atomic E-state index is 0.635. The molecule has 0 amide bonds. The van der Waals surface area contributed by atoms with E-state index in [1.54, 1.807) is 6.34 Å². The molecule has 2 heteroatoms. The Kier molecular flexibility index (Phi) is 2.31. The van der Waals surface area contributed by atoms with Gasteiger partial charge in [-0.05, 0) is 18.5 Å². The van der Waals surface area contributed by atoms with E-state index in [1.807, 2.05) is 6.20 Å². The predicted octanol–water partition coefficient (Wildman–Crippen LogP) is 1.16. The maximum atomic E-state index is 4.12. The summed E-state index contributed by atoms with van der Waals surface area (Å²) in [4.78, 5) is 4.12. The molecule has 0 aromatic heterocycles. The molecule has 1 aliphatic heterocycles. The minimum Gasteiger partial charge on any atom is -0.353 e. The highest BCUT2D eigenvalue weighted by molar-refractivity contribution is 5.56. The molecule has 9 heavy (non-hydrogen) atoms. The van der Waals surface area contributed by atoms with Crippen molar-refractivity contribution in [2.45, 2.75) is 13.3 Å². The summed E-state index contributed by atoms with van der Waals surface area (Å²) in [6.07, 6.45) is 7.03. The summed E-state index contributed by atoms with van der Waals surface area (Å²) >= 11 is 0. The van der Waals surface area contributed by atoms with Gasteiger partial charge in [0.2, 0.25) is 0 Å². The maximum Gasteiger partial charge on any atom is 0.0863 e. The molecule has 0 fully saturated rings. The SMILES string of the molecule is CCC1C=CNC=NC1. The van der Waals surface area contributed by atoms with E-state index in [1.165, 1.54) is 6.42 Å². The summed E-state index contributed by atoms with van der Waals surface area (Å²) in [6.45, 7) is 3.11. The van der Waals surface area contributed by atoms with Crippen molar-refractivity contribution in [1.82, 2.24) is 5.32 Å². The van der Waals surface area contributed by atoms with Gasteiger partial charge < -0.3 is 5.32 Å². The van der Waals surface area contributed by atoms with Crippen LogP contribution < -0.4 is 5.32 Å². The number of aliphatic imine (C=N–C) groups is 1. The van der Waals surface area contributed by atoms with E-state index in [2.05, 4.69) is 23.3 Å². The minimum atomic E-state index is 0.635. The van der Waals surface area contributed by atoms with Gasteiger partial charge in [-0.25, -0.2) is 0 Å². The molecule has 0 aliphatic carbocycles. The lowest BCUT2D eigenvalue weighted by molar-refractivity contribution is 0.644. The molecule has 0 bridgehead atoms. The van der Waals surface area contributed by atoms with E-state index < -0.39 is 0 Å². The molecule has 0 spiro atoms. The Morgan fingerprint density at radius 1 is 1.78 bits per heavy atom. The first-order chi connectivity index (χ1) is 4.43. The van der Waals surface area contributed by atoms with Crippen molar-refractivity contribution in [3.05, 3.63) is 12.3 Å². The summed E-state index contributed by atoms with van der Waals surface area (Å²) < 4.78 is 0. The Balaban J connectivity index is 2.44. The lowest BCUT2D eigenvalue weighted by Gasteiger charge is -2.01. The molecule has 1 unspecified atom stereocenters. The number of hydrogen-bond donors (Lipinski definition) is 1. The van der Waals surface area contributed by atoms with Crippen molar-refractivity contribution in [3.8, 4) is 0 Å². The number of nitrogens with zero attached hydrogens (tertiary/aromatic N) is 1. The first-order valence-corrected chi connectivity index (χ1v) is 3.34. The molecule has 0 saturated heterocycles. The van der Waals surface area contributed by atoms with Crippen molar-refractivity contribution >= 4 is 6.34 Å². The number of nitrogens with one attached hydrogen (secondary N) is 1. The third kappa shape index (κ3) is 1.88. The molecule has 1 rings (SSSR count). The predicted molar refractivity (Wildman–Crippen MR) is 39.4 cm³/mol. The van der Waals surface area contributed by atoms with E-state index >= 15 is 0 Å². The van der Waals surface area contributed by atoms with Crippen molar-refractivity contribution in [1.29, 1.82) is 0 Å². The average Bonchev–Trinajstić information content (AvgIpc) is 2.13. The first kappa shape index (κ1) is 6.33. The smallest absolute Gasteiger partial charge is 0.0863 e. The Morgan fingerprint density at radius 3 is 3.44 bits per heavy atom. The Labute approximate surface area is 55.7 Å². The molecule has 0 aromatic rings. The van der Waals surface area contributed by atoms with Crippen LogP contribution in [0.2, 0.25) is 0 Å². The highest BCUT2D eigenvalue weighted by atomic mass is 14.9. The van der Waals surface area contributed by atoms with E-state index in [9.17, 15) is 0 Å². The average molecular weight is 124 g/mol. The van der Waals surface area contributed by atoms with Gasteiger partial charge in [0, 0.05) is 6.54 Å². The lowest BCUT2D eigenvalue weighted by atomic mass is 10.1. The topological polar surface area (TPSA) is 24.4 Å². The van der Waals surface area contributed by atoms with Crippen molar-refractivity contribution in [2.75, 3.05) is 6.54 Å². The van der Waals surface area contributed by atoms with Crippen LogP contribution in [0.25, 0.3) is 0 Å². The van der Waals surface area contributed by atoms with Gasteiger partial charge in [-0.15, -0.1) is 0 Å². The molecule has 0 aromatic carbocycles. The zero-order valence-corrected chi connectivity index (χ0v) is 5.67. The van der Waals surface area contributed by atoms with Gasteiger partial charge in [-0.1, -0.05) is 13.0 Å². The Hall–Kier alpha value is -0.790. The lowest BCUT2D eigenvalue weighted by Crippen LogP contribution is -1.97. The van der Waals surface area contributed by atoms with Crippen LogP contribution in [-0.2, 0) is 0 Å². The summed E-state index contributed by atoms with van der Waals surface area (Å²) in [5, 5.41) is 2.94. The first-order valence-electron chi connectivity index (χ1n) is 3.34. The van der Waals surface area contributed by atoms with Crippen LogP contribution in [0.3, 0.4) is 0 Å². The van der Waals surface area contributed by atoms with Gasteiger partial charge >= 0.3 is 0 Å². The van der Waals surface area contributed by atoms with Crippen LogP contribution in [0.4, 0.5) is 0 Å². The van der Waals surface area contributed by atoms with Gasteiger partial charge in [-0.3, -0.25) is 4.99 Å². The molecular weight excluding hydrogens is 112 g/mol. The van der Waals surface area contributed by atoms with Gasteiger partial charge in [0.25, 0.3) is 0 Å². The van der Waals surface area contributed by atoms with Crippen LogP contribution >= 0.6 is 0 Å². The van der Waals surface area contributed by atoms with E-state index in [0.717, 1.165) is 6.54 Å². The van der Waals surface area contributed by atoms with Gasteiger partial charge in [0.15, 0.2) is 0 Å². The fraction of sp³-hybridized carbons (Fsp3) is 0.571.